The van der Waals surface area contributed by atoms with Gasteiger partial charge in [0.15, 0.2) is 0 Å². The molecule has 2 aromatic rings. The number of para-hydroxylation sites is 1. The molecule has 4 heteroatoms. The number of benzene rings is 2. The van der Waals surface area contributed by atoms with Gasteiger partial charge in [-0.25, -0.2) is 0 Å². The molecular weight excluding hydrogens is 253 g/mol. The van der Waals surface area contributed by atoms with Crippen LogP contribution in [0.2, 0.25) is 0 Å². The van der Waals surface area contributed by atoms with Crippen LogP contribution >= 0.6 is 17.9 Å². The second-order valence-corrected chi connectivity index (χ2v) is 7.19. The Bertz CT molecular complexity index is 530. The molecule has 0 saturated heterocycles. The molecule has 2 rings (SSSR count). The molecule has 0 aliphatic rings. The lowest BCUT2D eigenvalue weighted by Gasteiger charge is -2.25. The molecule has 88 valence electrons. The summed E-state index contributed by atoms with van der Waals surface area (Å²) >= 11 is 6.23. The van der Waals surface area contributed by atoms with E-state index >= 15 is 0 Å². The molecule has 17 heavy (non-hydrogen) atoms. The largest absolute Gasteiger partial charge is 0.311 e. The number of hydrogen-bond donors (Lipinski definition) is 0. The van der Waals surface area contributed by atoms with Crippen molar-refractivity contribution in [2.75, 3.05) is 11.7 Å². The van der Waals surface area contributed by atoms with Crippen molar-refractivity contribution < 1.29 is 4.57 Å². The Morgan fingerprint density at radius 1 is 0.941 bits per heavy atom. The van der Waals surface area contributed by atoms with E-state index in [4.69, 9.17) is 11.2 Å². The minimum atomic E-state index is -3.05. The number of halogens is 1. The monoisotopic (exact) mass is 265 g/mol. The summed E-state index contributed by atoms with van der Waals surface area (Å²) in [5.74, 6) is 0. The van der Waals surface area contributed by atoms with Crippen LogP contribution in [0, 0.1) is 0 Å². The first-order valence-corrected chi connectivity index (χ1v) is 7.83. The van der Waals surface area contributed by atoms with Crippen LogP contribution in [0.3, 0.4) is 0 Å². The van der Waals surface area contributed by atoms with E-state index in [0.29, 0.717) is 5.30 Å². The molecule has 0 aromatic heterocycles. The summed E-state index contributed by atoms with van der Waals surface area (Å²) in [6.45, 7) is -3.05. The number of anilines is 1. The van der Waals surface area contributed by atoms with Gasteiger partial charge < -0.3 is 4.67 Å². The van der Waals surface area contributed by atoms with Crippen LogP contribution in [-0.4, -0.2) is 7.05 Å². The highest BCUT2D eigenvalue weighted by molar-refractivity contribution is 7.96. The molecule has 0 N–H and O–H groups in total. The van der Waals surface area contributed by atoms with Gasteiger partial charge in [0, 0.05) is 18.0 Å². The van der Waals surface area contributed by atoms with Crippen LogP contribution in [0.4, 0.5) is 5.69 Å². The topological polar surface area (TPSA) is 20.3 Å². The van der Waals surface area contributed by atoms with Crippen LogP contribution in [0.5, 0.6) is 0 Å². The molecule has 0 aliphatic heterocycles. The van der Waals surface area contributed by atoms with Gasteiger partial charge >= 0.3 is 0 Å². The molecular formula is C13H13ClNOP. The van der Waals surface area contributed by atoms with Crippen LogP contribution in [-0.2, 0) is 4.57 Å². The van der Waals surface area contributed by atoms with E-state index in [1.54, 1.807) is 23.9 Å². The Balaban J connectivity index is 2.37. The lowest BCUT2D eigenvalue weighted by atomic mass is 10.3. The minimum absolute atomic E-state index is 0.646. The van der Waals surface area contributed by atoms with Crippen molar-refractivity contribution >= 4 is 28.9 Å². The zero-order chi connectivity index (χ0) is 12.3. The van der Waals surface area contributed by atoms with E-state index in [9.17, 15) is 4.57 Å². The maximum absolute atomic E-state index is 12.6. The van der Waals surface area contributed by atoms with Gasteiger partial charge in [0.1, 0.15) is 0 Å². The fourth-order valence-corrected chi connectivity index (χ4v) is 3.49. The van der Waals surface area contributed by atoms with Crippen molar-refractivity contribution in [3.05, 3.63) is 60.7 Å². The average Bonchev–Trinajstić information content (AvgIpc) is 2.40. The number of hydrogen-bond acceptors (Lipinski definition) is 1. The van der Waals surface area contributed by atoms with E-state index in [2.05, 4.69) is 0 Å². The molecule has 0 saturated carbocycles. The smallest absolute Gasteiger partial charge is 0.286 e. The van der Waals surface area contributed by atoms with E-state index in [0.717, 1.165) is 5.69 Å². The van der Waals surface area contributed by atoms with Crippen molar-refractivity contribution in [2.24, 2.45) is 0 Å². The molecule has 0 spiro atoms. The van der Waals surface area contributed by atoms with Crippen molar-refractivity contribution in [3.63, 3.8) is 0 Å². The summed E-state index contributed by atoms with van der Waals surface area (Å²) < 4.78 is 14.2. The van der Waals surface area contributed by atoms with E-state index in [1.807, 2.05) is 48.5 Å². The average molecular weight is 266 g/mol. The predicted octanol–water partition coefficient (Wildman–Crippen LogP) is 3.88. The van der Waals surface area contributed by atoms with Crippen molar-refractivity contribution in [2.45, 2.75) is 0 Å². The summed E-state index contributed by atoms with van der Waals surface area (Å²) in [6.07, 6.45) is 0. The molecule has 0 radical (unpaired) electrons. The maximum Gasteiger partial charge on any atom is 0.286 e. The maximum atomic E-state index is 12.6. The Morgan fingerprint density at radius 3 is 1.94 bits per heavy atom. The molecule has 1 unspecified atom stereocenters. The summed E-state index contributed by atoms with van der Waals surface area (Å²) in [4.78, 5) is 0. The number of nitrogens with zero attached hydrogens (tertiary/aromatic N) is 1. The third-order valence-corrected chi connectivity index (χ3v) is 5.79. The Kier molecular flexibility index (Phi) is 3.56. The molecule has 2 aromatic carbocycles. The van der Waals surface area contributed by atoms with E-state index < -0.39 is 6.65 Å². The van der Waals surface area contributed by atoms with Gasteiger partial charge in [-0.1, -0.05) is 36.4 Å². The van der Waals surface area contributed by atoms with Gasteiger partial charge in [0.2, 0.25) is 0 Å². The SMILES string of the molecule is CN(c1ccccc1)P(=O)(Cl)c1ccccc1. The highest BCUT2D eigenvalue weighted by Crippen LogP contribution is 2.54. The molecule has 1 atom stereocenters. The van der Waals surface area contributed by atoms with Gasteiger partial charge in [-0.05, 0) is 35.5 Å². The van der Waals surface area contributed by atoms with Crippen molar-refractivity contribution in [1.29, 1.82) is 0 Å². The third-order valence-electron chi connectivity index (χ3n) is 2.59. The van der Waals surface area contributed by atoms with Crippen molar-refractivity contribution in [3.8, 4) is 0 Å². The molecule has 0 heterocycles. The fourth-order valence-electron chi connectivity index (χ4n) is 1.58. The summed E-state index contributed by atoms with van der Waals surface area (Å²) in [7, 11) is 1.75. The Morgan fingerprint density at radius 2 is 1.41 bits per heavy atom. The van der Waals surface area contributed by atoms with Gasteiger partial charge in [-0.3, -0.25) is 4.57 Å². The van der Waals surface area contributed by atoms with Crippen LogP contribution < -0.4 is 9.97 Å². The predicted molar refractivity (Wildman–Crippen MR) is 74.4 cm³/mol. The number of rotatable bonds is 3. The van der Waals surface area contributed by atoms with Gasteiger partial charge in [-0.2, -0.15) is 0 Å². The zero-order valence-corrected chi connectivity index (χ0v) is 11.1. The third kappa shape index (κ3) is 2.54. The summed E-state index contributed by atoms with van der Waals surface area (Å²) in [5.41, 5.74) is 0.842. The lowest BCUT2D eigenvalue weighted by molar-refractivity contribution is 0.589. The molecule has 0 fully saturated rings. The van der Waals surface area contributed by atoms with Gasteiger partial charge in [0.25, 0.3) is 6.65 Å². The molecule has 0 aliphatic carbocycles. The minimum Gasteiger partial charge on any atom is -0.311 e. The van der Waals surface area contributed by atoms with Gasteiger partial charge in [0.05, 0.1) is 0 Å². The van der Waals surface area contributed by atoms with Crippen molar-refractivity contribution in [1.82, 2.24) is 0 Å². The van der Waals surface area contributed by atoms with Crippen LogP contribution in [0.25, 0.3) is 0 Å². The van der Waals surface area contributed by atoms with Crippen LogP contribution in [0.15, 0.2) is 60.7 Å². The first kappa shape index (κ1) is 12.2. The standard InChI is InChI=1S/C13H13ClNOP/c1-15(12-8-4-2-5-9-12)17(14,16)13-10-6-3-7-11-13/h2-11H,1H3. The summed E-state index contributed by atoms with van der Waals surface area (Å²) in [6, 6.07) is 18.6. The lowest BCUT2D eigenvalue weighted by Crippen LogP contribution is -2.18. The fraction of sp³-hybridized carbons (Fsp3) is 0.0769. The highest BCUT2D eigenvalue weighted by Gasteiger charge is 2.27. The second-order valence-electron chi connectivity index (χ2n) is 3.70. The first-order chi connectivity index (χ1) is 8.12. The zero-order valence-electron chi connectivity index (χ0n) is 9.45. The Labute approximate surface area is 106 Å². The van der Waals surface area contributed by atoms with E-state index in [-0.39, 0.29) is 0 Å². The molecule has 0 bridgehead atoms. The normalized spacial score (nSPS) is 14.0. The van der Waals surface area contributed by atoms with Crippen LogP contribution in [0.1, 0.15) is 0 Å². The molecule has 2 nitrogen and oxygen atoms in total. The van der Waals surface area contributed by atoms with Gasteiger partial charge in [-0.15, -0.1) is 0 Å². The second kappa shape index (κ2) is 4.95. The highest BCUT2D eigenvalue weighted by atomic mass is 35.7. The Hall–Kier alpha value is -1.24. The quantitative estimate of drug-likeness (QED) is 0.785. The molecule has 0 amide bonds. The van der Waals surface area contributed by atoms with E-state index in [1.165, 1.54) is 0 Å². The first-order valence-electron chi connectivity index (χ1n) is 5.27. The summed E-state index contributed by atoms with van der Waals surface area (Å²) in [5, 5.41) is 0.646.